The van der Waals surface area contributed by atoms with Crippen molar-refractivity contribution in [2.45, 2.75) is 45.5 Å². The first kappa shape index (κ1) is 19.8. The van der Waals surface area contributed by atoms with Crippen molar-refractivity contribution in [3.8, 4) is 11.5 Å². The fourth-order valence-corrected chi connectivity index (χ4v) is 3.49. The number of fused-ring (bicyclic) bond motifs is 1. The van der Waals surface area contributed by atoms with Crippen LogP contribution in [0, 0.1) is 0 Å². The molecule has 1 aliphatic rings. The molecule has 0 N–H and O–H groups in total. The van der Waals surface area contributed by atoms with Gasteiger partial charge in [-0.1, -0.05) is 42.5 Å². The fraction of sp³-hybridized carbons (Fsp3) is 0.333. The van der Waals surface area contributed by atoms with Gasteiger partial charge in [-0.2, -0.15) is 0 Å². The van der Waals surface area contributed by atoms with E-state index >= 15 is 0 Å². The molecule has 1 fully saturated rings. The van der Waals surface area contributed by atoms with Crippen molar-refractivity contribution in [3.05, 3.63) is 66.2 Å². The van der Waals surface area contributed by atoms with Crippen molar-refractivity contribution >= 4 is 23.4 Å². The lowest BCUT2D eigenvalue weighted by molar-refractivity contribution is 0.00578. The van der Waals surface area contributed by atoms with Crippen molar-refractivity contribution in [1.82, 2.24) is 0 Å². The molecule has 4 rings (SSSR count). The monoisotopic (exact) mass is 390 g/mol. The molecule has 0 spiro atoms. The highest BCUT2D eigenvalue weighted by atomic mass is 16.7. The van der Waals surface area contributed by atoms with Crippen LogP contribution in [0.4, 0.5) is 0 Å². The molecule has 1 heterocycles. The summed E-state index contributed by atoms with van der Waals surface area (Å²) in [5.41, 5.74) is 1.14. The van der Waals surface area contributed by atoms with Gasteiger partial charge in [0.05, 0.1) is 18.3 Å². The summed E-state index contributed by atoms with van der Waals surface area (Å²) in [6, 6.07) is 20.2. The Bertz CT molecular complexity index is 998. The summed E-state index contributed by atoms with van der Waals surface area (Å²) in [5.74, 6) is 1.54. The standard InChI is InChI=1S/C24H27BO4/c1-23(2)24(3,4)29-25(28-23)22-20-15-19(26-5)13-11-18(20)12-14-21(22)27-16-17-9-7-6-8-10-17/h6-15H,16H2,1-5H3. The molecule has 150 valence electrons. The van der Waals surface area contributed by atoms with Gasteiger partial charge in [0.15, 0.2) is 0 Å². The second-order valence-corrected chi connectivity index (χ2v) is 8.43. The Hall–Kier alpha value is -2.50. The van der Waals surface area contributed by atoms with E-state index in [0.717, 1.165) is 33.3 Å². The molecule has 4 nitrogen and oxygen atoms in total. The van der Waals surface area contributed by atoms with Crippen molar-refractivity contribution in [3.63, 3.8) is 0 Å². The highest BCUT2D eigenvalue weighted by molar-refractivity contribution is 6.66. The van der Waals surface area contributed by atoms with Gasteiger partial charge in [-0.3, -0.25) is 0 Å². The SMILES string of the molecule is COc1ccc2ccc(OCc3ccccc3)c(B3OC(C)(C)C(C)(C)O3)c2c1. The van der Waals surface area contributed by atoms with Gasteiger partial charge >= 0.3 is 7.12 Å². The van der Waals surface area contributed by atoms with Gasteiger partial charge in [-0.05, 0) is 62.2 Å². The van der Waals surface area contributed by atoms with Crippen molar-refractivity contribution in [2.75, 3.05) is 7.11 Å². The van der Waals surface area contributed by atoms with E-state index in [9.17, 15) is 0 Å². The maximum Gasteiger partial charge on any atom is 0.499 e. The van der Waals surface area contributed by atoms with E-state index in [0.29, 0.717) is 6.61 Å². The van der Waals surface area contributed by atoms with E-state index in [2.05, 4.69) is 45.9 Å². The maximum absolute atomic E-state index is 6.38. The molecule has 0 atom stereocenters. The lowest BCUT2D eigenvalue weighted by atomic mass is 9.75. The minimum Gasteiger partial charge on any atom is -0.497 e. The summed E-state index contributed by atoms with van der Waals surface area (Å²) in [7, 11) is 1.15. The Balaban J connectivity index is 1.79. The molecule has 0 radical (unpaired) electrons. The lowest BCUT2D eigenvalue weighted by Crippen LogP contribution is -2.41. The molecule has 29 heavy (non-hydrogen) atoms. The van der Waals surface area contributed by atoms with E-state index < -0.39 is 18.3 Å². The molecule has 0 saturated carbocycles. The molecule has 0 bridgehead atoms. The van der Waals surface area contributed by atoms with Gasteiger partial charge in [0.2, 0.25) is 0 Å². The number of rotatable bonds is 5. The number of hydrogen-bond acceptors (Lipinski definition) is 4. The average Bonchev–Trinajstić information content (AvgIpc) is 2.92. The molecular formula is C24H27BO4. The second kappa shape index (κ2) is 7.40. The van der Waals surface area contributed by atoms with Crippen molar-refractivity contribution in [2.24, 2.45) is 0 Å². The van der Waals surface area contributed by atoms with Gasteiger partial charge in [-0.15, -0.1) is 0 Å². The number of ether oxygens (including phenoxy) is 2. The molecule has 0 aliphatic carbocycles. The van der Waals surface area contributed by atoms with Gasteiger partial charge in [0, 0.05) is 5.46 Å². The van der Waals surface area contributed by atoms with E-state index in [-0.39, 0.29) is 0 Å². The predicted molar refractivity (Wildman–Crippen MR) is 117 cm³/mol. The van der Waals surface area contributed by atoms with E-state index in [4.69, 9.17) is 18.8 Å². The Morgan fingerprint density at radius 3 is 2.17 bits per heavy atom. The van der Waals surface area contributed by atoms with Gasteiger partial charge < -0.3 is 18.8 Å². The third kappa shape index (κ3) is 3.72. The van der Waals surface area contributed by atoms with Gasteiger partial charge in [-0.25, -0.2) is 0 Å². The first-order valence-corrected chi connectivity index (χ1v) is 9.94. The van der Waals surface area contributed by atoms with Crippen LogP contribution in [0.1, 0.15) is 33.3 Å². The third-order valence-corrected chi connectivity index (χ3v) is 5.96. The van der Waals surface area contributed by atoms with Crippen LogP contribution in [0.3, 0.4) is 0 Å². The van der Waals surface area contributed by atoms with E-state index in [1.165, 1.54) is 0 Å². The first-order chi connectivity index (χ1) is 13.8. The van der Waals surface area contributed by atoms with E-state index in [1.807, 2.05) is 42.5 Å². The highest BCUT2D eigenvalue weighted by Crippen LogP contribution is 2.38. The minimum atomic E-state index is -0.526. The highest BCUT2D eigenvalue weighted by Gasteiger charge is 2.53. The predicted octanol–water partition coefficient (Wildman–Crippen LogP) is 4.73. The first-order valence-electron chi connectivity index (χ1n) is 9.94. The number of benzene rings is 3. The zero-order valence-electron chi connectivity index (χ0n) is 17.7. The smallest absolute Gasteiger partial charge is 0.497 e. The summed E-state index contributed by atoms with van der Waals surface area (Å²) in [6.45, 7) is 8.71. The number of hydrogen-bond donors (Lipinski definition) is 0. The average molecular weight is 390 g/mol. The molecule has 3 aromatic rings. The lowest BCUT2D eigenvalue weighted by Gasteiger charge is -2.32. The normalized spacial score (nSPS) is 17.5. The molecular weight excluding hydrogens is 363 g/mol. The van der Waals surface area contributed by atoms with E-state index in [1.54, 1.807) is 7.11 Å². The summed E-state index contributed by atoms with van der Waals surface area (Å²) < 4.78 is 24.5. The van der Waals surface area contributed by atoms with Crippen LogP contribution >= 0.6 is 0 Å². The Morgan fingerprint density at radius 2 is 1.52 bits per heavy atom. The molecule has 0 amide bonds. The van der Waals surface area contributed by atoms with Gasteiger partial charge in [0.25, 0.3) is 0 Å². The Kier molecular flexibility index (Phi) is 5.05. The zero-order valence-corrected chi connectivity index (χ0v) is 17.7. The van der Waals surface area contributed by atoms with Crippen LogP contribution in [0.2, 0.25) is 0 Å². The maximum atomic E-state index is 6.38. The number of methoxy groups -OCH3 is 1. The van der Waals surface area contributed by atoms with Gasteiger partial charge in [0.1, 0.15) is 18.1 Å². The summed E-state index contributed by atoms with van der Waals surface area (Å²) in [6.07, 6.45) is 0. The van der Waals surface area contributed by atoms with Crippen LogP contribution in [0.15, 0.2) is 60.7 Å². The molecule has 1 aliphatic heterocycles. The molecule has 3 aromatic carbocycles. The molecule has 0 aromatic heterocycles. The zero-order chi connectivity index (χ0) is 20.6. The topological polar surface area (TPSA) is 36.9 Å². The van der Waals surface area contributed by atoms with Crippen molar-refractivity contribution in [1.29, 1.82) is 0 Å². The van der Waals surface area contributed by atoms with Crippen LogP contribution in [-0.2, 0) is 15.9 Å². The van der Waals surface area contributed by atoms with Crippen LogP contribution in [0.5, 0.6) is 11.5 Å². The Morgan fingerprint density at radius 1 is 0.862 bits per heavy atom. The van der Waals surface area contributed by atoms with Crippen LogP contribution in [-0.4, -0.2) is 25.4 Å². The largest absolute Gasteiger partial charge is 0.499 e. The molecule has 0 unspecified atom stereocenters. The molecule has 5 heteroatoms. The third-order valence-electron chi connectivity index (χ3n) is 5.96. The quantitative estimate of drug-likeness (QED) is 0.591. The molecule has 1 saturated heterocycles. The second-order valence-electron chi connectivity index (χ2n) is 8.43. The summed E-state index contributed by atoms with van der Waals surface area (Å²) in [4.78, 5) is 0. The fourth-order valence-electron chi connectivity index (χ4n) is 3.49. The summed E-state index contributed by atoms with van der Waals surface area (Å²) in [5, 5.41) is 2.09. The van der Waals surface area contributed by atoms with Crippen molar-refractivity contribution < 1.29 is 18.8 Å². The minimum absolute atomic E-state index is 0.435. The van der Waals surface area contributed by atoms with Crippen LogP contribution in [0.25, 0.3) is 10.8 Å². The summed E-state index contributed by atoms with van der Waals surface area (Å²) >= 11 is 0. The van der Waals surface area contributed by atoms with Crippen LogP contribution < -0.4 is 14.9 Å². The Labute approximate surface area is 172 Å².